The third-order valence-corrected chi connectivity index (χ3v) is 7.08. The molecule has 2 aromatic carbocycles. The van der Waals surface area contributed by atoms with Crippen molar-refractivity contribution in [3.8, 4) is 0 Å². The number of likely N-dealkylation sites (tertiary alicyclic amines) is 1. The molecule has 2 heterocycles. The molecule has 1 atom stereocenters. The van der Waals surface area contributed by atoms with E-state index < -0.39 is 0 Å². The molecule has 1 amide bonds. The number of Topliss-reactive ketones (excluding diaryl/α,β-unsaturated/α-hetero) is 1. The second-order valence-corrected chi connectivity index (χ2v) is 10.00. The molecule has 1 N–H and O–H groups in total. The second-order valence-electron chi connectivity index (χ2n) is 8.69. The van der Waals surface area contributed by atoms with Crippen LogP contribution in [0.2, 0.25) is 0 Å². The van der Waals surface area contributed by atoms with Crippen molar-refractivity contribution in [2.24, 2.45) is 0 Å². The van der Waals surface area contributed by atoms with E-state index in [9.17, 15) is 9.59 Å². The van der Waals surface area contributed by atoms with Crippen LogP contribution < -0.4 is 5.32 Å². The van der Waals surface area contributed by atoms with E-state index in [0.717, 1.165) is 30.6 Å². The maximum absolute atomic E-state index is 12.9. The van der Waals surface area contributed by atoms with Gasteiger partial charge in [-0.2, -0.15) is 0 Å². The number of piperidine rings is 1. The minimum absolute atomic E-state index is 0.0000833. The molecule has 0 spiro atoms. The number of amides is 1. The molecule has 1 aromatic heterocycles. The summed E-state index contributed by atoms with van der Waals surface area (Å²) in [6, 6.07) is 17.2. The molecule has 1 saturated heterocycles. The van der Waals surface area contributed by atoms with Crippen molar-refractivity contribution in [2.75, 3.05) is 18.4 Å². The molecule has 0 saturated carbocycles. The quantitative estimate of drug-likeness (QED) is 0.357. The minimum atomic E-state index is -0.367. The lowest BCUT2D eigenvalue weighted by Gasteiger charge is -2.26. The zero-order valence-electron chi connectivity index (χ0n) is 19.7. The Morgan fingerprint density at radius 2 is 1.68 bits per heavy atom. The number of rotatable bonds is 9. The molecule has 1 aliphatic rings. The number of ketones is 1. The zero-order chi connectivity index (χ0) is 23.9. The van der Waals surface area contributed by atoms with Gasteiger partial charge in [-0.3, -0.25) is 14.5 Å². The highest BCUT2D eigenvalue weighted by molar-refractivity contribution is 8.00. The average molecular weight is 478 g/mol. The lowest BCUT2D eigenvalue weighted by atomic mass is 10.1. The lowest BCUT2D eigenvalue weighted by molar-refractivity contribution is -0.115. The molecule has 0 radical (unpaired) electrons. The van der Waals surface area contributed by atoms with Gasteiger partial charge in [0.25, 0.3) is 0 Å². The number of nitrogens with zero attached hydrogens (tertiary/aromatic N) is 4. The summed E-state index contributed by atoms with van der Waals surface area (Å²) in [7, 11) is 0. The maximum Gasteiger partial charge on any atom is 0.237 e. The molecule has 3 aromatic rings. The summed E-state index contributed by atoms with van der Waals surface area (Å²) in [5, 5.41) is 12.3. The first-order chi connectivity index (χ1) is 16.5. The number of carbonyl (C=O) groups excluding carboxylic acids is 2. The molecule has 0 bridgehead atoms. The van der Waals surface area contributed by atoms with Crippen LogP contribution in [0.15, 0.2) is 59.8 Å². The highest BCUT2D eigenvalue weighted by atomic mass is 32.2. The number of benzene rings is 2. The largest absolute Gasteiger partial charge is 0.325 e. The second kappa shape index (κ2) is 11.4. The van der Waals surface area contributed by atoms with Gasteiger partial charge >= 0.3 is 0 Å². The Hall–Kier alpha value is -2.97. The lowest BCUT2D eigenvalue weighted by Crippen LogP contribution is -2.30. The molecular formula is C26H31N5O2S. The van der Waals surface area contributed by atoms with Crippen LogP contribution >= 0.6 is 11.8 Å². The van der Waals surface area contributed by atoms with Gasteiger partial charge in [0.05, 0.1) is 18.3 Å². The summed E-state index contributed by atoms with van der Waals surface area (Å²) < 4.78 is 2.14. The third-order valence-electron chi connectivity index (χ3n) is 6.00. The number of carbonyl (C=O) groups is 2. The normalized spacial score (nSPS) is 15.1. The van der Waals surface area contributed by atoms with Crippen molar-refractivity contribution in [3.63, 3.8) is 0 Å². The van der Waals surface area contributed by atoms with Crippen molar-refractivity contribution < 1.29 is 9.59 Å². The van der Waals surface area contributed by atoms with Crippen LogP contribution in [-0.2, 0) is 17.9 Å². The Balaban J connectivity index is 1.47. The Bertz CT molecular complexity index is 1110. The van der Waals surface area contributed by atoms with Gasteiger partial charge in [0.2, 0.25) is 5.91 Å². The maximum atomic E-state index is 12.9. The SMILES string of the molecule is CC(=O)c1ccc(NC(=O)C(C)Sc2nnc(CN3CCCCC3)n2Cc2ccccc2)cc1. The number of hydrogen-bond acceptors (Lipinski definition) is 6. The van der Waals surface area contributed by atoms with E-state index in [1.807, 2.05) is 25.1 Å². The number of anilines is 1. The van der Waals surface area contributed by atoms with Gasteiger partial charge in [0.1, 0.15) is 5.82 Å². The number of thioether (sulfide) groups is 1. The van der Waals surface area contributed by atoms with E-state index in [1.54, 1.807) is 24.3 Å². The fourth-order valence-corrected chi connectivity index (χ4v) is 4.88. The molecule has 1 aliphatic heterocycles. The van der Waals surface area contributed by atoms with Crippen molar-refractivity contribution in [2.45, 2.75) is 56.6 Å². The smallest absolute Gasteiger partial charge is 0.237 e. The Labute approximate surface area is 205 Å². The number of aromatic nitrogens is 3. The molecule has 178 valence electrons. The first-order valence-corrected chi connectivity index (χ1v) is 12.6. The summed E-state index contributed by atoms with van der Waals surface area (Å²) in [6.45, 7) is 7.00. The third kappa shape index (κ3) is 6.33. The van der Waals surface area contributed by atoms with Crippen LogP contribution in [-0.4, -0.2) is 49.7 Å². The van der Waals surface area contributed by atoms with Crippen LogP contribution in [0.1, 0.15) is 54.9 Å². The Morgan fingerprint density at radius 1 is 0.971 bits per heavy atom. The standard InChI is InChI=1S/C26H31N5O2S/c1-19(32)22-11-13-23(14-12-22)27-25(33)20(2)34-26-29-28-24(18-30-15-7-4-8-16-30)31(26)17-21-9-5-3-6-10-21/h3,5-6,9-14,20H,4,7-8,15-18H2,1-2H3,(H,27,33). The van der Waals surface area contributed by atoms with E-state index >= 15 is 0 Å². The van der Waals surface area contributed by atoms with E-state index in [-0.39, 0.29) is 16.9 Å². The molecule has 1 unspecified atom stereocenters. The predicted octanol–water partition coefficient (Wildman–Crippen LogP) is 4.63. The summed E-state index contributed by atoms with van der Waals surface area (Å²) in [5.74, 6) is 0.813. The molecule has 0 aliphatic carbocycles. The van der Waals surface area contributed by atoms with Crippen molar-refractivity contribution >= 4 is 29.1 Å². The molecule has 4 rings (SSSR count). The Kier molecular flexibility index (Phi) is 8.13. The van der Waals surface area contributed by atoms with Gasteiger partial charge < -0.3 is 9.88 Å². The highest BCUT2D eigenvalue weighted by Crippen LogP contribution is 2.25. The van der Waals surface area contributed by atoms with E-state index in [0.29, 0.717) is 17.8 Å². The van der Waals surface area contributed by atoms with Gasteiger partial charge in [-0.25, -0.2) is 0 Å². The highest BCUT2D eigenvalue weighted by Gasteiger charge is 2.22. The van der Waals surface area contributed by atoms with E-state index in [1.165, 1.54) is 43.5 Å². The predicted molar refractivity (Wildman–Crippen MR) is 135 cm³/mol. The monoisotopic (exact) mass is 477 g/mol. The summed E-state index contributed by atoms with van der Waals surface area (Å²) in [6.07, 6.45) is 3.73. The summed E-state index contributed by atoms with van der Waals surface area (Å²) >= 11 is 1.41. The van der Waals surface area contributed by atoms with E-state index in [4.69, 9.17) is 0 Å². The van der Waals surface area contributed by atoms with Crippen molar-refractivity contribution in [3.05, 3.63) is 71.5 Å². The van der Waals surface area contributed by atoms with Gasteiger partial charge in [-0.05, 0) is 69.6 Å². The van der Waals surface area contributed by atoms with Gasteiger partial charge in [-0.1, -0.05) is 48.5 Å². The molecule has 1 fully saturated rings. The van der Waals surface area contributed by atoms with Crippen LogP contribution in [0.3, 0.4) is 0 Å². The fourth-order valence-electron chi connectivity index (χ4n) is 4.01. The zero-order valence-corrected chi connectivity index (χ0v) is 20.6. The molecule has 7 nitrogen and oxygen atoms in total. The summed E-state index contributed by atoms with van der Waals surface area (Å²) in [4.78, 5) is 26.8. The van der Waals surface area contributed by atoms with Crippen LogP contribution in [0, 0.1) is 0 Å². The van der Waals surface area contributed by atoms with Gasteiger partial charge in [0.15, 0.2) is 10.9 Å². The van der Waals surface area contributed by atoms with Crippen molar-refractivity contribution in [1.29, 1.82) is 0 Å². The van der Waals surface area contributed by atoms with Gasteiger partial charge in [-0.15, -0.1) is 10.2 Å². The molecular weight excluding hydrogens is 446 g/mol. The average Bonchev–Trinajstić information content (AvgIpc) is 3.21. The molecule has 34 heavy (non-hydrogen) atoms. The van der Waals surface area contributed by atoms with Gasteiger partial charge in [0, 0.05) is 11.3 Å². The molecule has 8 heteroatoms. The first-order valence-electron chi connectivity index (χ1n) is 11.8. The summed E-state index contributed by atoms with van der Waals surface area (Å²) in [5.41, 5.74) is 2.46. The minimum Gasteiger partial charge on any atom is -0.325 e. The van der Waals surface area contributed by atoms with Crippen molar-refractivity contribution in [1.82, 2.24) is 19.7 Å². The first kappa shape index (κ1) is 24.2. The topological polar surface area (TPSA) is 80.1 Å². The van der Waals surface area contributed by atoms with Crippen LogP contribution in [0.25, 0.3) is 0 Å². The number of nitrogens with one attached hydrogen (secondary N) is 1. The Morgan fingerprint density at radius 3 is 2.35 bits per heavy atom. The fraction of sp³-hybridized carbons (Fsp3) is 0.385. The van der Waals surface area contributed by atoms with E-state index in [2.05, 4.69) is 37.1 Å². The van der Waals surface area contributed by atoms with Crippen LogP contribution in [0.5, 0.6) is 0 Å². The van der Waals surface area contributed by atoms with Crippen LogP contribution in [0.4, 0.5) is 5.69 Å². The number of hydrogen-bond donors (Lipinski definition) is 1.